The lowest BCUT2D eigenvalue weighted by atomic mass is 10.4. The summed E-state index contributed by atoms with van der Waals surface area (Å²) in [6.07, 6.45) is 2.52. The number of hydrogen-bond donors (Lipinski definition) is 1. The van der Waals surface area contributed by atoms with Crippen LogP contribution in [0.25, 0.3) is 0 Å². The molecule has 0 aliphatic heterocycles. The number of likely N-dealkylation sites (N-methyl/N-ethyl adjacent to an activating group) is 1. The molecule has 0 saturated carbocycles. The lowest BCUT2D eigenvalue weighted by Crippen LogP contribution is -2.34. The minimum Gasteiger partial charge on any atom is -0.468 e. The average Bonchev–Trinajstić information content (AvgIpc) is 2.91. The molecule has 1 N–H and O–H groups in total. The number of furan rings is 1. The SMILES string of the molecule is CCC.CCN(CCNC(=O)OC)Cc1ccco1. The van der Waals surface area contributed by atoms with E-state index in [0.29, 0.717) is 6.54 Å². The molecule has 0 unspecified atom stereocenters. The van der Waals surface area contributed by atoms with Crippen LogP contribution in [0.3, 0.4) is 0 Å². The van der Waals surface area contributed by atoms with Crippen LogP contribution < -0.4 is 5.32 Å². The molecule has 1 aromatic rings. The first-order valence-electron chi connectivity index (χ1n) is 6.74. The van der Waals surface area contributed by atoms with Crippen molar-refractivity contribution in [3.05, 3.63) is 24.2 Å². The number of hydrogen-bond acceptors (Lipinski definition) is 4. The van der Waals surface area contributed by atoms with Crippen LogP contribution in [0.5, 0.6) is 0 Å². The molecule has 0 aromatic carbocycles. The highest BCUT2D eigenvalue weighted by molar-refractivity contribution is 5.66. The van der Waals surface area contributed by atoms with Crippen molar-refractivity contribution in [3.8, 4) is 0 Å². The Balaban J connectivity index is 0.000000982. The maximum atomic E-state index is 10.8. The molecule has 1 heterocycles. The molecule has 5 nitrogen and oxygen atoms in total. The van der Waals surface area contributed by atoms with E-state index in [1.165, 1.54) is 13.5 Å². The molecule has 0 aliphatic carbocycles. The Morgan fingerprint density at radius 2 is 2.11 bits per heavy atom. The molecular formula is C14H26N2O3. The monoisotopic (exact) mass is 270 g/mol. The van der Waals surface area contributed by atoms with E-state index in [-0.39, 0.29) is 0 Å². The Labute approximate surface area is 115 Å². The van der Waals surface area contributed by atoms with E-state index in [1.807, 2.05) is 12.1 Å². The van der Waals surface area contributed by atoms with Gasteiger partial charge in [0, 0.05) is 13.1 Å². The summed E-state index contributed by atoms with van der Waals surface area (Å²) in [6.45, 7) is 9.32. The molecule has 1 rings (SSSR count). The normalized spacial score (nSPS) is 9.74. The van der Waals surface area contributed by atoms with Crippen molar-refractivity contribution in [2.45, 2.75) is 33.7 Å². The summed E-state index contributed by atoms with van der Waals surface area (Å²) in [5, 5.41) is 2.64. The number of ether oxygens (including phenoxy) is 1. The predicted octanol–water partition coefficient (Wildman–Crippen LogP) is 2.87. The quantitative estimate of drug-likeness (QED) is 0.863. The molecule has 0 aliphatic rings. The van der Waals surface area contributed by atoms with Gasteiger partial charge in [0.05, 0.1) is 19.9 Å². The lowest BCUT2D eigenvalue weighted by Gasteiger charge is -2.18. The highest BCUT2D eigenvalue weighted by Crippen LogP contribution is 2.04. The van der Waals surface area contributed by atoms with Gasteiger partial charge in [0.25, 0.3) is 0 Å². The highest BCUT2D eigenvalue weighted by atomic mass is 16.5. The summed E-state index contributed by atoms with van der Waals surface area (Å²) < 4.78 is 9.75. The third-order valence-electron chi connectivity index (χ3n) is 2.29. The van der Waals surface area contributed by atoms with Crippen molar-refractivity contribution >= 4 is 6.09 Å². The van der Waals surface area contributed by atoms with E-state index in [1.54, 1.807) is 6.26 Å². The lowest BCUT2D eigenvalue weighted by molar-refractivity contribution is 0.168. The van der Waals surface area contributed by atoms with Crippen LogP contribution in [-0.4, -0.2) is 37.7 Å². The first-order chi connectivity index (χ1) is 9.17. The van der Waals surface area contributed by atoms with Gasteiger partial charge in [-0.3, -0.25) is 4.90 Å². The summed E-state index contributed by atoms with van der Waals surface area (Å²) in [5.74, 6) is 0.930. The second-order valence-corrected chi connectivity index (χ2v) is 4.07. The van der Waals surface area contributed by atoms with Gasteiger partial charge in [0.1, 0.15) is 5.76 Å². The second kappa shape index (κ2) is 11.6. The van der Waals surface area contributed by atoms with Gasteiger partial charge in [-0.2, -0.15) is 0 Å². The van der Waals surface area contributed by atoms with Crippen molar-refractivity contribution in [1.29, 1.82) is 0 Å². The molecule has 1 amide bonds. The van der Waals surface area contributed by atoms with Crippen LogP contribution in [-0.2, 0) is 11.3 Å². The van der Waals surface area contributed by atoms with Crippen molar-refractivity contribution < 1.29 is 13.9 Å². The van der Waals surface area contributed by atoms with Gasteiger partial charge in [-0.05, 0) is 18.7 Å². The molecule has 0 spiro atoms. The third-order valence-corrected chi connectivity index (χ3v) is 2.29. The molecule has 1 aromatic heterocycles. The first kappa shape index (κ1) is 17.5. The number of amides is 1. The van der Waals surface area contributed by atoms with Crippen molar-refractivity contribution in [3.63, 3.8) is 0 Å². The minimum absolute atomic E-state index is 0.394. The maximum absolute atomic E-state index is 10.8. The second-order valence-electron chi connectivity index (χ2n) is 4.07. The Kier molecular flexibility index (Phi) is 10.7. The smallest absolute Gasteiger partial charge is 0.406 e. The first-order valence-corrected chi connectivity index (χ1v) is 6.74. The van der Waals surface area contributed by atoms with Gasteiger partial charge in [-0.15, -0.1) is 0 Å². The Bertz CT molecular complexity index is 313. The number of carbonyl (C=O) groups is 1. The van der Waals surface area contributed by atoms with E-state index >= 15 is 0 Å². The molecule has 0 atom stereocenters. The zero-order valence-electron chi connectivity index (χ0n) is 12.4. The van der Waals surface area contributed by atoms with E-state index in [2.05, 4.69) is 35.7 Å². The van der Waals surface area contributed by atoms with Crippen LogP contribution in [0, 0.1) is 0 Å². The number of carbonyl (C=O) groups excluding carboxylic acids is 1. The molecule has 0 saturated heterocycles. The van der Waals surface area contributed by atoms with Gasteiger partial charge in [0.15, 0.2) is 0 Å². The van der Waals surface area contributed by atoms with Crippen molar-refractivity contribution in [1.82, 2.24) is 10.2 Å². The summed E-state index contributed by atoms with van der Waals surface area (Å²) in [5.41, 5.74) is 0. The standard InChI is InChI=1S/C11H18N2O3.C3H8/c1-3-13(7-6-12-11(14)15-2)9-10-5-4-8-16-10;1-3-2/h4-5,8H,3,6-7,9H2,1-2H3,(H,12,14);3H2,1-2H3. The van der Waals surface area contributed by atoms with Gasteiger partial charge < -0.3 is 14.5 Å². The summed E-state index contributed by atoms with van der Waals surface area (Å²) in [7, 11) is 1.36. The fourth-order valence-corrected chi connectivity index (χ4v) is 1.36. The molecule has 0 fully saturated rings. The fraction of sp³-hybridized carbons (Fsp3) is 0.643. The molecule has 0 radical (unpaired) electrons. The topological polar surface area (TPSA) is 54.7 Å². The van der Waals surface area contributed by atoms with Crippen molar-refractivity contribution in [2.24, 2.45) is 0 Å². The molecule has 19 heavy (non-hydrogen) atoms. The average molecular weight is 270 g/mol. The van der Waals surface area contributed by atoms with Gasteiger partial charge >= 0.3 is 6.09 Å². The maximum Gasteiger partial charge on any atom is 0.406 e. The zero-order chi connectivity index (χ0) is 14.5. The van der Waals surface area contributed by atoms with Crippen LogP contribution >= 0.6 is 0 Å². The van der Waals surface area contributed by atoms with Gasteiger partial charge in [-0.25, -0.2) is 4.79 Å². The van der Waals surface area contributed by atoms with Crippen LogP contribution in [0.15, 0.2) is 22.8 Å². The minimum atomic E-state index is -0.394. The fourth-order valence-electron chi connectivity index (χ4n) is 1.36. The number of alkyl carbamates (subject to hydrolysis) is 1. The number of methoxy groups -OCH3 is 1. The third kappa shape index (κ3) is 9.13. The van der Waals surface area contributed by atoms with Gasteiger partial charge in [-0.1, -0.05) is 27.2 Å². The summed E-state index contributed by atoms with van der Waals surface area (Å²) in [6, 6.07) is 3.81. The van der Waals surface area contributed by atoms with Crippen LogP contribution in [0.1, 0.15) is 33.0 Å². The molecule has 0 bridgehead atoms. The Morgan fingerprint density at radius 3 is 2.58 bits per heavy atom. The molecular weight excluding hydrogens is 244 g/mol. The largest absolute Gasteiger partial charge is 0.468 e. The zero-order valence-corrected chi connectivity index (χ0v) is 12.4. The highest BCUT2D eigenvalue weighted by Gasteiger charge is 2.06. The predicted molar refractivity (Wildman–Crippen MR) is 76.0 cm³/mol. The molecule has 110 valence electrons. The van der Waals surface area contributed by atoms with Crippen LogP contribution in [0.2, 0.25) is 0 Å². The van der Waals surface area contributed by atoms with E-state index < -0.39 is 6.09 Å². The van der Waals surface area contributed by atoms with E-state index in [9.17, 15) is 4.79 Å². The van der Waals surface area contributed by atoms with Gasteiger partial charge in [0.2, 0.25) is 0 Å². The van der Waals surface area contributed by atoms with Crippen molar-refractivity contribution in [2.75, 3.05) is 26.7 Å². The van der Waals surface area contributed by atoms with E-state index in [4.69, 9.17) is 4.42 Å². The number of rotatable bonds is 6. The van der Waals surface area contributed by atoms with E-state index in [0.717, 1.165) is 25.4 Å². The number of nitrogens with zero attached hydrogens (tertiary/aromatic N) is 1. The number of nitrogens with one attached hydrogen (secondary N) is 1. The molecule has 5 heteroatoms. The summed E-state index contributed by atoms with van der Waals surface area (Å²) in [4.78, 5) is 13.0. The Morgan fingerprint density at radius 1 is 1.42 bits per heavy atom. The summed E-state index contributed by atoms with van der Waals surface area (Å²) >= 11 is 0. The Hall–Kier alpha value is -1.49. The van der Waals surface area contributed by atoms with Crippen LogP contribution in [0.4, 0.5) is 4.79 Å².